The maximum absolute atomic E-state index is 14.2. The number of aromatic nitrogens is 2. The lowest BCUT2D eigenvalue weighted by Gasteiger charge is -2.16. The summed E-state index contributed by atoms with van der Waals surface area (Å²) in [7, 11) is 1.71. The third-order valence-corrected chi connectivity index (χ3v) is 5.49. The Balaban J connectivity index is 1.68. The zero-order chi connectivity index (χ0) is 22.2. The summed E-state index contributed by atoms with van der Waals surface area (Å²) in [5.74, 6) is 0.292. The average molecular weight is 434 g/mol. The Morgan fingerprint density at radius 1 is 0.969 bits per heavy atom. The van der Waals surface area contributed by atoms with Crippen LogP contribution < -0.4 is 10.6 Å². The Kier molecular flexibility index (Phi) is 5.36. The van der Waals surface area contributed by atoms with Crippen LogP contribution in [0.25, 0.3) is 16.9 Å². The molecule has 0 spiro atoms. The van der Waals surface area contributed by atoms with Gasteiger partial charge in [-0.2, -0.15) is 9.78 Å². The summed E-state index contributed by atoms with van der Waals surface area (Å²) in [5.41, 5.74) is 5.89. The van der Waals surface area contributed by atoms with Crippen molar-refractivity contribution >= 4 is 17.2 Å². The minimum atomic E-state index is -0.738. The highest BCUT2D eigenvalue weighted by atomic mass is 19.1. The quantitative estimate of drug-likeness (QED) is 0.432. The van der Waals surface area contributed by atoms with E-state index in [1.807, 2.05) is 56.3 Å². The molecule has 1 saturated heterocycles. The van der Waals surface area contributed by atoms with E-state index in [-0.39, 0.29) is 5.82 Å². The number of aryl methyl sites for hydroxylation is 2. The Bertz CT molecular complexity index is 1270. The van der Waals surface area contributed by atoms with Gasteiger partial charge in [-0.25, -0.2) is 9.37 Å². The second-order valence-corrected chi connectivity index (χ2v) is 7.64. The van der Waals surface area contributed by atoms with Crippen molar-refractivity contribution in [2.75, 3.05) is 12.4 Å². The van der Waals surface area contributed by atoms with Crippen molar-refractivity contribution in [3.8, 4) is 11.3 Å². The monoisotopic (exact) mass is 434 g/mol. The molecule has 0 radical (unpaired) electrons. The van der Waals surface area contributed by atoms with Gasteiger partial charge in [-0.15, -0.1) is 0 Å². The molecule has 8 heteroatoms. The molecule has 1 aliphatic heterocycles. The molecule has 2 N–H and O–H groups in total. The summed E-state index contributed by atoms with van der Waals surface area (Å²) < 4.78 is 21.7. The lowest BCUT2D eigenvalue weighted by Crippen LogP contribution is -2.25. The van der Waals surface area contributed by atoms with Crippen molar-refractivity contribution in [2.24, 2.45) is 0 Å². The van der Waals surface area contributed by atoms with Crippen molar-refractivity contribution in [1.29, 1.82) is 0 Å². The molecule has 2 aromatic heterocycles. The number of anilines is 2. The molecule has 32 heavy (non-hydrogen) atoms. The van der Waals surface area contributed by atoms with E-state index in [9.17, 15) is 4.39 Å². The first kappa shape index (κ1) is 20.6. The molecular formula is C24H23FN4O3. The normalized spacial score (nSPS) is 18.4. The van der Waals surface area contributed by atoms with Crippen molar-refractivity contribution < 1.29 is 18.9 Å². The van der Waals surface area contributed by atoms with Gasteiger partial charge < -0.3 is 10.1 Å². The number of hydrogen-bond donors (Lipinski definition) is 2. The largest absolute Gasteiger partial charge is 0.339 e. The Hall–Kier alpha value is -3.30. The SMILES string of the molecule is CNC1OOC(c2ccccc2-c2nc3ccc(F)cn3c2Nc2c(C)cccc2C)O1. The number of para-hydroxylation sites is 1. The molecule has 2 aromatic carbocycles. The Labute approximate surface area is 184 Å². The van der Waals surface area contributed by atoms with E-state index in [1.54, 1.807) is 17.5 Å². The van der Waals surface area contributed by atoms with Crippen LogP contribution in [-0.4, -0.2) is 22.8 Å². The minimum Gasteiger partial charge on any atom is -0.339 e. The molecule has 1 aliphatic rings. The van der Waals surface area contributed by atoms with Gasteiger partial charge in [0.2, 0.25) is 12.7 Å². The van der Waals surface area contributed by atoms with Crippen LogP contribution in [0.3, 0.4) is 0 Å². The summed E-state index contributed by atoms with van der Waals surface area (Å²) >= 11 is 0. The molecule has 2 unspecified atom stereocenters. The number of fused-ring (bicyclic) bond motifs is 1. The van der Waals surface area contributed by atoms with Gasteiger partial charge in [0.1, 0.15) is 23.0 Å². The first-order chi connectivity index (χ1) is 15.5. The van der Waals surface area contributed by atoms with Gasteiger partial charge in [0.15, 0.2) is 0 Å². The second kappa shape index (κ2) is 8.33. The van der Waals surface area contributed by atoms with Gasteiger partial charge in [-0.3, -0.25) is 9.72 Å². The summed E-state index contributed by atoms with van der Waals surface area (Å²) in [6.45, 7) is 4.06. The van der Waals surface area contributed by atoms with Gasteiger partial charge in [0.25, 0.3) is 0 Å². The van der Waals surface area contributed by atoms with E-state index in [0.29, 0.717) is 17.2 Å². The highest BCUT2D eigenvalue weighted by Crippen LogP contribution is 2.39. The van der Waals surface area contributed by atoms with Crippen LogP contribution in [0.1, 0.15) is 23.0 Å². The van der Waals surface area contributed by atoms with E-state index < -0.39 is 12.7 Å². The van der Waals surface area contributed by atoms with E-state index in [0.717, 1.165) is 27.9 Å². The van der Waals surface area contributed by atoms with E-state index in [4.69, 9.17) is 19.5 Å². The highest BCUT2D eigenvalue weighted by molar-refractivity contribution is 5.82. The number of benzene rings is 2. The molecule has 2 atom stereocenters. The van der Waals surface area contributed by atoms with Crippen LogP contribution in [0.4, 0.5) is 15.9 Å². The van der Waals surface area contributed by atoms with Crippen molar-refractivity contribution in [3.05, 3.63) is 83.3 Å². The van der Waals surface area contributed by atoms with Crippen LogP contribution in [0.15, 0.2) is 60.8 Å². The fourth-order valence-electron chi connectivity index (χ4n) is 3.87. The maximum atomic E-state index is 14.2. The van der Waals surface area contributed by atoms with Gasteiger partial charge in [-0.1, -0.05) is 42.5 Å². The zero-order valence-corrected chi connectivity index (χ0v) is 17.9. The number of nitrogens with zero attached hydrogens (tertiary/aromatic N) is 2. The number of hydrogen-bond acceptors (Lipinski definition) is 6. The number of halogens is 1. The molecule has 4 aromatic rings. The number of ether oxygens (including phenoxy) is 1. The molecular weight excluding hydrogens is 411 g/mol. The summed E-state index contributed by atoms with van der Waals surface area (Å²) in [5, 5.41) is 6.37. The first-order valence-corrected chi connectivity index (χ1v) is 10.3. The first-order valence-electron chi connectivity index (χ1n) is 10.3. The van der Waals surface area contributed by atoms with Gasteiger partial charge in [0, 0.05) is 23.0 Å². The maximum Gasteiger partial charge on any atom is 0.250 e. The van der Waals surface area contributed by atoms with Crippen molar-refractivity contribution in [1.82, 2.24) is 14.7 Å². The predicted molar refractivity (Wildman–Crippen MR) is 119 cm³/mol. The number of rotatable bonds is 5. The molecule has 5 rings (SSSR count). The van der Waals surface area contributed by atoms with E-state index in [2.05, 4.69) is 10.6 Å². The Morgan fingerprint density at radius 3 is 2.50 bits per heavy atom. The minimum absolute atomic E-state index is 0.355. The standard InChI is InChI=1S/C24H23FN4O3/c1-14-7-6-8-15(2)20(14)28-22-21(27-19-12-11-16(25)13-29(19)22)17-9-4-5-10-18(17)23-30-24(26-3)32-31-23/h4-13,23-24,26,28H,1-3H3. The van der Waals surface area contributed by atoms with Gasteiger partial charge in [-0.05, 0) is 44.2 Å². The van der Waals surface area contributed by atoms with Gasteiger partial charge in [0.05, 0.1) is 0 Å². The number of nitrogens with one attached hydrogen (secondary N) is 2. The van der Waals surface area contributed by atoms with Crippen LogP contribution in [0.2, 0.25) is 0 Å². The molecule has 3 heterocycles. The molecule has 164 valence electrons. The molecule has 0 saturated carbocycles. The summed E-state index contributed by atoms with van der Waals surface area (Å²) in [6, 6.07) is 16.8. The zero-order valence-electron chi connectivity index (χ0n) is 17.9. The molecule has 0 bridgehead atoms. The van der Waals surface area contributed by atoms with Crippen LogP contribution in [-0.2, 0) is 14.5 Å². The Morgan fingerprint density at radius 2 is 1.75 bits per heavy atom. The smallest absolute Gasteiger partial charge is 0.250 e. The van der Waals surface area contributed by atoms with Crippen LogP contribution in [0, 0.1) is 19.7 Å². The lowest BCUT2D eigenvalue weighted by molar-refractivity contribution is -0.302. The predicted octanol–water partition coefficient (Wildman–Crippen LogP) is 4.98. The lowest BCUT2D eigenvalue weighted by atomic mass is 10.0. The fourth-order valence-corrected chi connectivity index (χ4v) is 3.87. The average Bonchev–Trinajstić information content (AvgIpc) is 3.41. The summed E-state index contributed by atoms with van der Waals surface area (Å²) in [4.78, 5) is 15.4. The third kappa shape index (κ3) is 3.63. The van der Waals surface area contributed by atoms with Crippen LogP contribution >= 0.6 is 0 Å². The highest BCUT2D eigenvalue weighted by Gasteiger charge is 2.31. The topological polar surface area (TPSA) is 69.0 Å². The number of pyridine rings is 1. The molecule has 1 fully saturated rings. The summed E-state index contributed by atoms with van der Waals surface area (Å²) in [6.07, 6.45) is 0.0151. The van der Waals surface area contributed by atoms with Crippen molar-refractivity contribution in [3.63, 3.8) is 0 Å². The van der Waals surface area contributed by atoms with E-state index in [1.165, 1.54) is 12.3 Å². The molecule has 7 nitrogen and oxygen atoms in total. The third-order valence-electron chi connectivity index (χ3n) is 5.49. The molecule has 0 aliphatic carbocycles. The fraction of sp³-hybridized carbons (Fsp3) is 0.208. The molecule has 0 amide bonds. The van der Waals surface area contributed by atoms with Crippen molar-refractivity contribution in [2.45, 2.75) is 26.6 Å². The number of imidazole rings is 1. The second-order valence-electron chi connectivity index (χ2n) is 7.64. The van der Waals surface area contributed by atoms with Crippen LogP contribution in [0.5, 0.6) is 0 Å². The van der Waals surface area contributed by atoms with E-state index >= 15 is 0 Å². The van der Waals surface area contributed by atoms with Gasteiger partial charge >= 0.3 is 0 Å².